The third kappa shape index (κ3) is 4.28. The molecule has 0 unspecified atom stereocenters. The largest absolute Gasteiger partial charge is 0.460 e. The van der Waals surface area contributed by atoms with Gasteiger partial charge in [-0.05, 0) is 39.0 Å². The van der Waals surface area contributed by atoms with Crippen LogP contribution in [0.3, 0.4) is 0 Å². The van der Waals surface area contributed by atoms with Crippen molar-refractivity contribution in [3.63, 3.8) is 0 Å². The van der Waals surface area contributed by atoms with E-state index in [1.54, 1.807) is 0 Å². The molecule has 0 bridgehead atoms. The monoisotopic (exact) mass is 278 g/mol. The number of ether oxygens (including phenoxy) is 2. The van der Waals surface area contributed by atoms with Crippen molar-refractivity contribution in [2.45, 2.75) is 20.8 Å². The Balaban J connectivity index is 2.86. The van der Waals surface area contributed by atoms with Gasteiger partial charge in [-0.2, -0.15) is 0 Å². The summed E-state index contributed by atoms with van der Waals surface area (Å²) in [6.07, 6.45) is 0. The van der Waals surface area contributed by atoms with Gasteiger partial charge in [0.1, 0.15) is 6.61 Å². The molecule has 0 atom stereocenters. The first-order chi connectivity index (χ1) is 9.47. The van der Waals surface area contributed by atoms with Gasteiger partial charge < -0.3 is 9.47 Å². The van der Waals surface area contributed by atoms with E-state index in [4.69, 9.17) is 9.47 Å². The Morgan fingerprint density at radius 1 is 1.00 bits per heavy atom. The summed E-state index contributed by atoms with van der Waals surface area (Å²) in [6.45, 7) is 5.61. The molecule has 1 aromatic rings. The predicted octanol–water partition coefficient (Wildman–Crippen LogP) is 2.29. The smallest absolute Gasteiger partial charge is 0.338 e. The second-order valence-corrected chi connectivity index (χ2v) is 4.21. The highest BCUT2D eigenvalue weighted by molar-refractivity contribution is 6.08. The van der Waals surface area contributed by atoms with Crippen molar-refractivity contribution < 1.29 is 23.9 Å². The van der Waals surface area contributed by atoms with E-state index in [1.165, 1.54) is 32.0 Å². The number of carbonyl (C=O) groups excluding carboxylic acids is 3. The van der Waals surface area contributed by atoms with Gasteiger partial charge in [0.2, 0.25) is 0 Å². The molecule has 1 rings (SSSR count). The first kappa shape index (κ1) is 16.0. The average Bonchev–Trinajstić information content (AvgIpc) is 2.42. The predicted molar refractivity (Wildman–Crippen MR) is 73.2 cm³/mol. The van der Waals surface area contributed by atoms with Gasteiger partial charge in [-0.1, -0.05) is 0 Å². The number of rotatable bonds is 7. The van der Waals surface area contributed by atoms with Gasteiger partial charge in [0.15, 0.2) is 11.6 Å². The molecule has 0 aromatic heterocycles. The minimum atomic E-state index is -0.540. The topological polar surface area (TPSA) is 69.7 Å². The maximum Gasteiger partial charge on any atom is 0.338 e. The zero-order valence-corrected chi connectivity index (χ0v) is 11.9. The van der Waals surface area contributed by atoms with E-state index in [0.29, 0.717) is 18.8 Å². The molecule has 108 valence electrons. The molecule has 0 aliphatic rings. The lowest BCUT2D eigenvalue weighted by molar-refractivity contribution is 0.0335. The molecule has 0 saturated heterocycles. The maximum atomic E-state index is 11.8. The summed E-state index contributed by atoms with van der Waals surface area (Å²) in [5.41, 5.74) is 0.789. The molecule has 5 heteroatoms. The zero-order valence-electron chi connectivity index (χ0n) is 11.9. The molecule has 0 aliphatic carbocycles. The van der Waals surface area contributed by atoms with Crippen LogP contribution in [0.4, 0.5) is 0 Å². The Bertz CT molecular complexity index is 519. The van der Waals surface area contributed by atoms with Crippen LogP contribution in [0.5, 0.6) is 0 Å². The first-order valence-electron chi connectivity index (χ1n) is 6.38. The quantitative estimate of drug-likeness (QED) is 0.435. The van der Waals surface area contributed by atoms with E-state index >= 15 is 0 Å². The van der Waals surface area contributed by atoms with Crippen molar-refractivity contribution in [2.75, 3.05) is 19.8 Å². The first-order valence-corrected chi connectivity index (χ1v) is 6.38. The fourth-order valence-corrected chi connectivity index (χ4v) is 1.69. The van der Waals surface area contributed by atoms with Crippen LogP contribution in [0.2, 0.25) is 0 Å². The molecule has 5 nitrogen and oxygen atoms in total. The molecule has 0 fully saturated rings. The molecular weight excluding hydrogens is 260 g/mol. The SMILES string of the molecule is CCOCCOC(=O)c1ccc(C(C)=O)c(C(C)=O)c1. The summed E-state index contributed by atoms with van der Waals surface area (Å²) in [6, 6.07) is 4.34. The highest BCUT2D eigenvalue weighted by Crippen LogP contribution is 2.14. The van der Waals surface area contributed by atoms with Gasteiger partial charge >= 0.3 is 5.97 Å². The molecular formula is C15H18O5. The van der Waals surface area contributed by atoms with Crippen LogP contribution in [-0.2, 0) is 9.47 Å². The minimum Gasteiger partial charge on any atom is -0.460 e. The van der Waals surface area contributed by atoms with E-state index in [-0.39, 0.29) is 29.3 Å². The summed E-state index contributed by atoms with van der Waals surface area (Å²) in [4.78, 5) is 34.7. The molecule has 20 heavy (non-hydrogen) atoms. The van der Waals surface area contributed by atoms with Crippen molar-refractivity contribution in [2.24, 2.45) is 0 Å². The zero-order chi connectivity index (χ0) is 15.1. The third-order valence-corrected chi connectivity index (χ3v) is 2.68. The van der Waals surface area contributed by atoms with E-state index in [9.17, 15) is 14.4 Å². The van der Waals surface area contributed by atoms with Gasteiger partial charge in [-0.25, -0.2) is 4.79 Å². The number of carbonyl (C=O) groups is 3. The number of hydrogen-bond donors (Lipinski definition) is 0. The minimum absolute atomic E-state index is 0.149. The lowest BCUT2D eigenvalue weighted by atomic mass is 9.98. The van der Waals surface area contributed by atoms with Gasteiger partial charge in [-0.15, -0.1) is 0 Å². The molecule has 0 spiro atoms. The van der Waals surface area contributed by atoms with Gasteiger partial charge in [0, 0.05) is 17.7 Å². The number of benzene rings is 1. The number of Topliss-reactive ketones (excluding diaryl/α,β-unsaturated/α-hetero) is 2. The highest BCUT2D eigenvalue weighted by Gasteiger charge is 2.15. The number of esters is 1. The van der Waals surface area contributed by atoms with E-state index < -0.39 is 5.97 Å². The Morgan fingerprint density at radius 3 is 2.20 bits per heavy atom. The van der Waals surface area contributed by atoms with E-state index in [1.807, 2.05) is 6.92 Å². The summed E-state index contributed by atoms with van der Waals surface area (Å²) in [5.74, 6) is -1.02. The number of hydrogen-bond acceptors (Lipinski definition) is 5. The summed E-state index contributed by atoms with van der Waals surface area (Å²) < 4.78 is 10.1. The lowest BCUT2D eigenvalue weighted by Crippen LogP contribution is -2.13. The van der Waals surface area contributed by atoms with E-state index in [0.717, 1.165) is 0 Å². The van der Waals surface area contributed by atoms with Crippen LogP contribution in [0.1, 0.15) is 51.8 Å². The van der Waals surface area contributed by atoms with Gasteiger partial charge in [0.05, 0.1) is 12.2 Å². The highest BCUT2D eigenvalue weighted by atomic mass is 16.6. The van der Waals surface area contributed by atoms with Crippen LogP contribution in [-0.4, -0.2) is 37.4 Å². The molecule has 0 amide bonds. The standard InChI is InChI=1S/C15H18O5/c1-4-19-7-8-20-15(18)12-5-6-13(10(2)16)14(9-12)11(3)17/h5-6,9H,4,7-8H2,1-3H3. The molecule has 0 radical (unpaired) electrons. The Labute approximate surface area is 117 Å². The summed E-state index contributed by atoms with van der Waals surface area (Å²) >= 11 is 0. The molecule has 0 N–H and O–H groups in total. The van der Waals surface area contributed by atoms with Crippen molar-refractivity contribution in [3.05, 3.63) is 34.9 Å². The fourth-order valence-electron chi connectivity index (χ4n) is 1.69. The van der Waals surface area contributed by atoms with Crippen LogP contribution in [0, 0.1) is 0 Å². The maximum absolute atomic E-state index is 11.8. The third-order valence-electron chi connectivity index (χ3n) is 2.68. The van der Waals surface area contributed by atoms with Crippen molar-refractivity contribution in [3.8, 4) is 0 Å². The molecule has 1 aromatic carbocycles. The second-order valence-electron chi connectivity index (χ2n) is 4.21. The molecule has 0 heterocycles. The van der Waals surface area contributed by atoms with Crippen molar-refractivity contribution in [1.82, 2.24) is 0 Å². The Kier molecular flexibility index (Phi) is 6.06. The van der Waals surface area contributed by atoms with Crippen LogP contribution in [0.25, 0.3) is 0 Å². The summed E-state index contributed by atoms with van der Waals surface area (Å²) in [5, 5.41) is 0. The second kappa shape index (κ2) is 7.55. The average molecular weight is 278 g/mol. The van der Waals surface area contributed by atoms with Gasteiger partial charge in [-0.3, -0.25) is 9.59 Å². The van der Waals surface area contributed by atoms with Gasteiger partial charge in [0.25, 0.3) is 0 Å². The van der Waals surface area contributed by atoms with Crippen LogP contribution in [0.15, 0.2) is 18.2 Å². The summed E-state index contributed by atoms with van der Waals surface area (Å²) in [7, 11) is 0. The lowest BCUT2D eigenvalue weighted by Gasteiger charge is -2.08. The Hall–Kier alpha value is -2.01. The van der Waals surface area contributed by atoms with Crippen molar-refractivity contribution in [1.29, 1.82) is 0 Å². The van der Waals surface area contributed by atoms with E-state index in [2.05, 4.69) is 0 Å². The van der Waals surface area contributed by atoms with Crippen LogP contribution >= 0.6 is 0 Å². The number of ketones is 2. The molecule has 0 aliphatic heterocycles. The Morgan fingerprint density at radius 2 is 1.65 bits per heavy atom. The van der Waals surface area contributed by atoms with Crippen molar-refractivity contribution >= 4 is 17.5 Å². The normalized spacial score (nSPS) is 10.2. The molecule has 0 saturated carbocycles. The fraction of sp³-hybridized carbons (Fsp3) is 0.400. The van der Waals surface area contributed by atoms with Crippen LogP contribution < -0.4 is 0 Å².